The molecule has 1 amide bonds. The van der Waals surface area contributed by atoms with Crippen LogP contribution in [0, 0.1) is 0 Å². The van der Waals surface area contributed by atoms with E-state index in [1.807, 2.05) is 36.4 Å². The van der Waals surface area contributed by atoms with Crippen LogP contribution in [-0.4, -0.2) is 49.1 Å². The van der Waals surface area contributed by atoms with E-state index < -0.39 is 0 Å². The van der Waals surface area contributed by atoms with Gasteiger partial charge in [-0.15, -0.1) is 0 Å². The maximum absolute atomic E-state index is 11.5. The van der Waals surface area contributed by atoms with Crippen LogP contribution in [-0.2, 0) is 11.3 Å². The number of nitrogens with one attached hydrogen (secondary N) is 2. The van der Waals surface area contributed by atoms with Gasteiger partial charge in [-0.25, -0.2) is 4.98 Å². The Bertz CT molecular complexity index is 1320. The Balaban J connectivity index is 1.13. The van der Waals surface area contributed by atoms with Crippen molar-refractivity contribution in [2.24, 2.45) is 0 Å². The molecule has 5 heterocycles. The molecule has 2 aliphatic rings. The summed E-state index contributed by atoms with van der Waals surface area (Å²) < 4.78 is 5.98. The van der Waals surface area contributed by atoms with Gasteiger partial charge in [0, 0.05) is 61.0 Å². The van der Waals surface area contributed by atoms with Crippen LogP contribution in [0.4, 0.5) is 0 Å². The van der Waals surface area contributed by atoms with Crippen molar-refractivity contribution in [1.29, 1.82) is 0 Å². The lowest BCUT2D eigenvalue weighted by Gasteiger charge is -2.38. The Labute approximate surface area is 203 Å². The molecule has 3 aromatic heterocycles. The first-order valence-electron chi connectivity index (χ1n) is 12.2. The Hall–Kier alpha value is -3.78. The van der Waals surface area contributed by atoms with Crippen LogP contribution < -0.4 is 10.1 Å². The molecule has 4 aromatic rings. The van der Waals surface area contributed by atoms with E-state index in [2.05, 4.69) is 37.5 Å². The Morgan fingerprint density at radius 3 is 2.69 bits per heavy atom. The van der Waals surface area contributed by atoms with Crippen molar-refractivity contribution in [2.45, 2.75) is 57.3 Å². The monoisotopic (exact) mass is 468 g/mol. The lowest BCUT2D eigenvalue weighted by Crippen LogP contribution is -2.49. The van der Waals surface area contributed by atoms with Gasteiger partial charge in [-0.3, -0.25) is 19.8 Å². The quantitative estimate of drug-likeness (QED) is 0.434. The molecule has 6 rings (SSSR count). The molecule has 2 saturated heterocycles. The molecule has 0 aliphatic carbocycles. The van der Waals surface area contributed by atoms with Gasteiger partial charge in [0.15, 0.2) is 0 Å². The van der Waals surface area contributed by atoms with Gasteiger partial charge in [-0.05, 0) is 62.1 Å². The second-order valence-corrected chi connectivity index (χ2v) is 9.53. The first-order valence-corrected chi connectivity index (χ1v) is 12.2. The molecule has 8 nitrogen and oxygen atoms in total. The highest BCUT2D eigenvalue weighted by Gasteiger charge is 2.40. The standard InChI is InChI=1S/C27H28N6O2/c1-17(34)30-21-13-22-5-6-23(14-21)33(22)16-20-4-2-18-12-24(7-8-25(18)31-20)35-27-9-3-19(15-28-27)26-10-11-29-32-26/h2-4,7-12,15,21-23H,5-6,13-14,16H2,1H3,(H,29,32)(H,30,34)/t21-,22-,23+. The number of hydrogen-bond donors (Lipinski definition) is 2. The summed E-state index contributed by atoms with van der Waals surface area (Å²) in [4.78, 5) is 23.4. The summed E-state index contributed by atoms with van der Waals surface area (Å²) in [6.45, 7) is 2.46. The summed E-state index contributed by atoms with van der Waals surface area (Å²) in [5.41, 5.74) is 3.82. The number of ether oxygens (including phenoxy) is 1. The van der Waals surface area contributed by atoms with Crippen LogP contribution >= 0.6 is 0 Å². The molecular formula is C27H28N6O2. The molecule has 8 heteroatoms. The van der Waals surface area contributed by atoms with Gasteiger partial charge in [-0.1, -0.05) is 6.07 Å². The minimum atomic E-state index is 0.0733. The zero-order valence-corrected chi connectivity index (χ0v) is 19.6. The average Bonchev–Trinajstić information content (AvgIpc) is 3.46. The van der Waals surface area contributed by atoms with Gasteiger partial charge in [0.1, 0.15) is 5.75 Å². The van der Waals surface area contributed by atoms with E-state index in [9.17, 15) is 4.79 Å². The lowest BCUT2D eigenvalue weighted by atomic mass is 9.97. The molecule has 0 radical (unpaired) electrons. The number of aromatic amines is 1. The van der Waals surface area contributed by atoms with Gasteiger partial charge < -0.3 is 10.1 Å². The number of piperidine rings is 1. The van der Waals surface area contributed by atoms with Crippen LogP contribution in [0.25, 0.3) is 22.2 Å². The summed E-state index contributed by atoms with van der Waals surface area (Å²) in [6.07, 6.45) is 8.00. The van der Waals surface area contributed by atoms with Crippen LogP contribution in [0.5, 0.6) is 11.6 Å². The van der Waals surface area contributed by atoms with E-state index in [4.69, 9.17) is 9.72 Å². The van der Waals surface area contributed by atoms with Crippen molar-refractivity contribution in [3.8, 4) is 22.9 Å². The van der Waals surface area contributed by atoms with Crippen LogP contribution in [0.1, 0.15) is 38.3 Å². The van der Waals surface area contributed by atoms with Gasteiger partial charge in [-0.2, -0.15) is 5.10 Å². The van der Waals surface area contributed by atoms with Crippen molar-refractivity contribution >= 4 is 16.8 Å². The predicted octanol–water partition coefficient (Wildman–Crippen LogP) is 4.44. The van der Waals surface area contributed by atoms with Gasteiger partial charge in [0.05, 0.1) is 16.9 Å². The van der Waals surface area contributed by atoms with Crippen LogP contribution in [0.3, 0.4) is 0 Å². The number of hydrogen-bond acceptors (Lipinski definition) is 6. The molecule has 2 aliphatic heterocycles. The molecule has 0 unspecified atom stereocenters. The molecule has 35 heavy (non-hydrogen) atoms. The molecule has 2 N–H and O–H groups in total. The van der Waals surface area contributed by atoms with Crippen molar-refractivity contribution in [3.63, 3.8) is 0 Å². The Morgan fingerprint density at radius 1 is 1.11 bits per heavy atom. The van der Waals surface area contributed by atoms with Crippen molar-refractivity contribution in [3.05, 3.63) is 66.6 Å². The molecule has 178 valence electrons. The van der Waals surface area contributed by atoms with E-state index in [0.717, 1.165) is 53.0 Å². The second-order valence-electron chi connectivity index (χ2n) is 9.53. The van der Waals surface area contributed by atoms with Crippen LogP contribution in [0.15, 0.2) is 60.9 Å². The summed E-state index contributed by atoms with van der Waals surface area (Å²) in [5, 5.41) is 11.1. The maximum Gasteiger partial charge on any atom is 0.219 e. The highest BCUT2D eigenvalue weighted by Crippen LogP contribution is 2.37. The fourth-order valence-corrected chi connectivity index (χ4v) is 5.56. The number of rotatable bonds is 6. The fraction of sp³-hybridized carbons (Fsp3) is 0.333. The molecule has 3 atom stereocenters. The van der Waals surface area contributed by atoms with Crippen LogP contribution in [0.2, 0.25) is 0 Å². The van der Waals surface area contributed by atoms with E-state index in [0.29, 0.717) is 24.0 Å². The first-order chi connectivity index (χ1) is 17.1. The first kappa shape index (κ1) is 21.7. The van der Waals surface area contributed by atoms with E-state index in [-0.39, 0.29) is 5.91 Å². The number of H-pyrrole nitrogens is 1. The lowest BCUT2D eigenvalue weighted by molar-refractivity contribution is -0.120. The van der Waals surface area contributed by atoms with Gasteiger partial charge in [0.2, 0.25) is 11.8 Å². The summed E-state index contributed by atoms with van der Waals surface area (Å²) >= 11 is 0. The number of carbonyl (C=O) groups excluding carboxylic acids is 1. The predicted molar refractivity (Wildman–Crippen MR) is 133 cm³/mol. The minimum absolute atomic E-state index is 0.0733. The van der Waals surface area contributed by atoms with E-state index in [1.165, 1.54) is 12.8 Å². The Kier molecular flexibility index (Phi) is 5.66. The third-order valence-electron chi connectivity index (χ3n) is 7.11. The number of benzene rings is 1. The molecule has 2 fully saturated rings. The summed E-state index contributed by atoms with van der Waals surface area (Å²) in [7, 11) is 0. The number of fused-ring (bicyclic) bond motifs is 3. The van der Waals surface area contributed by atoms with E-state index >= 15 is 0 Å². The third-order valence-corrected chi connectivity index (χ3v) is 7.11. The summed E-state index contributed by atoms with van der Waals surface area (Å²) in [5.74, 6) is 1.33. The van der Waals surface area contributed by atoms with Crippen molar-refractivity contribution < 1.29 is 9.53 Å². The van der Waals surface area contributed by atoms with Gasteiger partial charge >= 0.3 is 0 Å². The molecular weight excluding hydrogens is 440 g/mol. The smallest absolute Gasteiger partial charge is 0.219 e. The fourth-order valence-electron chi connectivity index (χ4n) is 5.56. The molecule has 0 spiro atoms. The second kappa shape index (κ2) is 9.11. The number of amides is 1. The third kappa shape index (κ3) is 4.61. The number of aromatic nitrogens is 4. The summed E-state index contributed by atoms with van der Waals surface area (Å²) in [6, 6.07) is 17.2. The number of pyridine rings is 2. The van der Waals surface area contributed by atoms with Crippen molar-refractivity contribution in [1.82, 2.24) is 30.4 Å². The molecule has 2 bridgehead atoms. The number of carbonyl (C=O) groups is 1. The normalized spacial score (nSPS) is 21.8. The largest absolute Gasteiger partial charge is 0.439 e. The highest BCUT2D eigenvalue weighted by molar-refractivity contribution is 5.80. The molecule has 0 saturated carbocycles. The zero-order chi connectivity index (χ0) is 23.8. The van der Waals surface area contributed by atoms with Crippen molar-refractivity contribution in [2.75, 3.05) is 0 Å². The Morgan fingerprint density at radius 2 is 1.97 bits per heavy atom. The SMILES string of the molecule is CC(=O)N[C@@H]1C[C@H]2CC[C@@H](C1)N2Cc1ccc2cc(Oc3ccc(-c4cc[nH]n4)cn3)ccc2n1. The molecule has 1 aromatic carbocycles. The number of nitrogens with zero attached hydrogens (tertiary/aromatic N) is 4. The maximum atomic E-state index is 11.5. The topological polar surface area (TPSA) is 96.0 Å². The van der Waals surface area contributed by atoms with Gasteiger partial charge in [0.25, 0.3) is 0 Å². The highest BCUT2D eigenvalue weighted by atomic mass is 16.5. The van der Waals surface area contributed by atoms with E-state index in [1.54, 1.807) is 19.3 Å². The average molecular weight is 469 g/mol. The minimum Gasteiger partial charge on any atom is -0.439 e. The zero-order valence-electron chi connectivity index (χ0n) is 19.6.